The fourth-order valence-electron chi connectivity index (χ4n) is 1.82. The summed E-state index contributed by atoms with van der Waals surface area (Å²) in [5.74, 6) is 0. The van der Waals surface area contributed by atoms with Gasteiger partial charge in [0.05, 0.1) is 11.2 Å². The van der Waals surface area contributed by atoms with E-state index < -0.39 is 0 Å². The summed E-state index contributed by atoms with van der Waals surface area (Å²) in [7, 11) is 0. The quantitative estimate of drug-likeness (QED) is 0.654. The Morgan fingerprint density at radius 2 is 1.90 bits per heavy atom. The van der Waals surface area contributed by atoms with Crippen molar-refractivity contribution in [2.75, 3.05) is 5.73 Å². The predicted molar refractivity (Wildman–Crippen MR) is 75.9 cm³/mol. The lowest BCUT2D eigenvalue weighted by atomic mass is 10.1. The molecule has 3 aromatic heterocycles. The molecule has 0 spiro atoms. The number of nitrogens with two attached hydrogens (primary N) is 1. The fraction of sp³-hybridized carbons (Fsp3) is 0. The van der Waals surface area contributed by atoms with Crippen LogP contribution in [0.3, 0.4) is 0 Å². The Morgan fingerprint density at radius 1 is 1.10 bits per heavy atom. The van der Waals surface area contributed by atoms with E-state index in [0.29, 0.717) is 5.69 Å². The minimum Gasteiger partial charge on any atom is -0.483 e. The number of nitrogen functional groups attached to an aromatic ring is 1. The summed E-state index contributed by atoms with van der Waals surface area (Å²) in [5.41, 5.74) is 9.18. The SMILES string of the molecule is Nc1ccncc1-c1nccc2ncccc12.O=CO. The van der Waals surface area contributed by atoms with Crippen molar-refractivity contribution in [2.45, 2.75) is 0 Å². The van der Waals surface area contributed by atoms with Crippen LogP contribution in [0.15, 0.2) is 49.1 Å². The summed E-state index contributed by atoms with van der Waals surface area (Å²) >= 11 is 0. The first-order chi connectivity index (χ1) is 9.77. The molecule has 0 saturated carbocycles. The molecule has 0 radical (unpaired) electrons. The smallest absolute Gasteiger partial charge is 0.290 e. The second-order valence-electron chi connectivity index (χ2n) is 3.80. The van der Waals surface area contributed by atoms with E-state index in [0.717, 1.165) is 22.2 Å². The number of rotatable bonds is 1. The average molecular weight is 268 g/mol. The summed E-state index contributed by atoms with van der Waals surface area (Å²) in [4.78, 5) is 21.1. The molecule has 0 aliphatic rings. The number of nitrogens with zero attached hydrogens (tertiary/aromatic N) is 3. The molecule has 0 aromatic carbocycles. The first-order valence-electron chi connectivity index (χ1n) is 5.75. The first kappa shape index (κ1) is 13.4. The second-order valence-corrected chi connectivity index (χ2v) is 3.80. The highest BCUT2D eigenvalue weighted by atomic mass is 16.3. The van der Waals surface area contributed by atoms with Crippen molar-refractivity contribution in [3.63, 3.8) is 0 Å². The molecule has 6 nitrogen and oxygen atoms in total. The van der Waals surface area contributed by atoms with Gasteiger partial charge < -0.3 is 10.8 Å². The molecule has 6 heteroatoms. The van der Waals surface area contributed by atoms with Gasteiger partial charge in [0, 0.05) is 41.4 Å². The van der Waals surface area contributed by atoms with Crippen LogP contribution in [0, 0.1) is 0 Å². The van der Waals surface area contributed by atoms with Crippen molar-refractivity contribution in [2.24, 2.45) is 0 Å². The van der Waals surface area contributed by atoms with Gasteiger partial charge in [0.2, 0.25) is 0 Å². The highest BCUT2D eigenvalue weighted by Gasteiger charge is 2.08. The van der Waals surface area contributed by atoms with Crippen LogP contribution in [0.2, 0.25) is 0 Å². The third-order valence-corrected chi connectivity index (χ3v) is 2.64. The van der Waals surface area contributed by atoms with Crippen LogP contribution in [0.1, 0.15) is 0 Å². The van der Waals surface area contributed by atoms with Crippen LogP contribution >= 0.6 is 0 Å². The van der Waals surface area contributed by atoms with Gasteiger partial charge in [-0.2, -0.15) is 0 Å². The number of fused-ring (bicyclic) bond motifs is 1. The molecule has 3 heterocycles. The molecule has 0 saturated heterocycles. The summed E-state index contributed by atoms with van der Waals surface area (Å²) in [6.45, 7) is -0.250. The normalized spacial score (nSPS) is 9.60. The Bertz CT molecular complexity index is 726. The van der Waals surface area contributed by atoms with Gasteiger partial charge in [0.25, 0.3) is 6.47 Å². The molecule has 100 valence electrons. The van der Waals surface area contributed by atoms with E-state index in [1.54, 1.807) is 30.9 Å². The number of hydrogen-bond donors (Lipinski definition) is 2. The average Bonchev–Trinajstić information content (AvgIpc) is 2.48. The molecule has 0 aliphatic heterocycles. The number of aromatic nitrogens is 3. The van der Waals surface area contributed by atoms with Gasteiger partial charge in [0.15, 0.2) is 0 Å². The number of pyridine rings is 3. The van der Waals surface area contributed by atoms with E-state index in [1.807, 2.05) is 18.2 Å². The number of anilines is 1. The summed E-state index contributed by atoms with van der Waals surface area (Å²) in [6.07, 6.45) is 6.89. The number of carbonyl (C=O) groups is 1. The van der Waals surface area contributed by atoms with Crippen molar-refractivity contribution in [3.05, 3.63) is 49.1 Å². The van der Waals surface area contributed by atoms with Crippen molar-refractivity contribution < 1.29 is 9.90 Å². The second kappa shape index (κ2) is 6.24. The van der Waals surface area contributed by atoms with E-state index in [1.165, 1.54) is 0 Å². The first-order valence-corrected chi connectivity index (χ1v) is 5.75. The lowest BCUT2D eigenvalue weighted by Gasteiger charge is -2.06. The lowest BCUT2D eigenvalue weighted by molar-refractivity contribution is -0.122. The minimum atomic E-state index is -0.250. The maximum Gasteiger partial charge on any atom is 0.290 e. The molecule has 0 fully saturated rings. The summed E-state index contributed by atoms with van der Waals surface area (Å²) in [5, 5.41) is 7.87. The molecule has 20 heavy (non-hydrogen) atoms. The van der Waals surface area contributed by atoms with Crippen LogP contribution in [0.25, 0.3) is 22.2 Å². The Labute approximate surface area is 114 Å². The van der Waals surface area contributed by atoms with Crippen LogP contribution < -0.4 is 5.73 Å². The van der Waals surface area contributed by atoms with E-state index in [4.69, 9.17) is 15.6 Å². The highest BCUT2D eigenvalue weighted by molar-refractivity contribution is 5.94. The Morgan fingerprint density at radius 3 is 2.65 bits per heavy atom. The van der Waals surface area contributed by atoms with Gasteiger partial charge in [-0.05, 0) is 24.3 Å². The van der Waals surface area contributed by atoms with Gasteiger partial charge in [-0.3, -0.25) is 19.7 Å². The fourth-order valence-corrected chi connectivity index (χ4v) is 1.82. The minimum absolute atomic E-state index is 0.250. The maximum absolute atomic E-state index is 8.36. The lowest BCUT2D eigenvalue weighted by Crippen LogP contribution is -1.94. The van der Waals surface area contributed by atoms with E-state index in [-0.39, 0.29) is 6.47 Å². The summed E-state index contributed by atoms with van der Waals surface area (Å²) < 4.78 is 0. The van der Waals surface area contributed by atoms with Crippen LogP contribution in [0.4, 0.5) is 5.69 Å². The third-order valence-electron chi connectivity index (χ3n) is 2.64. The van der Waals surface area contributed by atoms with Gasteiger partial charge in [-0.1, -0.05) is 0 Å². The molecule has 0 amide bonds. The van der Waals surface area contributed by atoms with Crippen molar-refractivity contribution >= 4 is 23.1 Å². The molecule has 3 N–H and O–H groups in total. The van der Waals surface area contributed by atoms with Crippen LogP contribution in [0.5, 0.6) is 0 Å². The summed E-state index contributed by atoms with van der Waals surface area (Å²) in [6, 6.07) is 7.52. The zero-order valence-corrected chi connectivity index (χ0v) is 10.5. The predicted octanol–water partition coefficient (Wildman–Crippen LogP) is 1.97. The van der Waals surface area contributed by atoms with Gasteiger partial charge in [-0.15, -0.1) is 0 Å². The maximum atomic E-state index is 8.36. The monoisotopic (exact) mass is 268 g/mol. The van der Waals surface area contributed by atoms with E-state index in [2.05, 4.69) is 15.0 Å². The van der Waals surface area contributed by atoms with Gasteiger partial charge in [-0.25, -0.2) is 0 Å². The van der Waals surface area contributed by atoms with Gasteiger partial charge >= 0.3 is 0 Å². The Hall–Kier alpha value is -3.02. The molecule has 3 aromatic rings. The number of carboxylic acid groups (broad SMARTS) is 1. The molecular weight excluding hydrogens is 256 g/mol. The topological polar surface area (TPSA) is 102 Å². The molecule has 0 bridgehead atoms. The van der Waals surface area contributed by atoms with Crippen molar-refractivity contribution in [1.82, 2.24) is 15.0 Å². The molecule has 0 unspecified atom stereocenters. The Kier molecular flexibility index (Phi) is 4.18. The van der Waals surface area contributed by atoms with E-state index >= 15 is 0 Å². The molecular formula is C14H12N4O2. The zero-order valence-electron chi connectivity index (χ0n) is 10.5. The Balaban J connectivity index is 0.000000452. The zero-order chi connectivity index (χ0) is 14.4. The van der Waals surface area contributed by atoms with Crippen molar-refractivity contribution in [3.8, 4) is 11.3 Å². The molecule has 3 rings (SSSR count). The van der Waals surface area contributed by atoms with E-state index in [9.17, 15) is 0 Å². The number of hydrogen-bond acceptors (Lipinski definition) is 5. The van der Waals surface area contributed by atoms with Crippen molar-refractivity contribution in [1.29, 1.82) is 0 Å². The molecule has 0 aliphatic carbocycles. The largest absolute Gasteiger partial charge is 0.483 e. The highest BCUT2D eigenvalue weighted by Crippen LogP contribution is 2.28. The van der Waals surface area contributed by atoms with Crippen LogP contribution in [-0.2, 0) is 4.79 Å². The molecule has 0 atom stereocenters. The standard InChI is InChI=1S/C13H10N4.CH2O2/c14-11-3-6-15-8-10(11)13-9-2-1-5-16-12(9)4-7-17-13;2-1-3/h1-8H,(H2,14,15);1H,(H,2,3). The van der Waals surface area contributed by atoms with Crippen LogP contribution in [-0.4, -0.2) is 26.5 Å². The van der Waals surface area contributed by atoms with Gasteiger partial charge in [0.1, 0.15) is 0 Å². The third kappa shape index (κ3) is 2.69.